The summed E-state index contributed by atoms with van der Waals surface area (Å²) in [5.41, 5.74) is 0.593. The molecule has 0 unspecified atom stereocenters. The lowest BCUT2D eigenvalue weighted by Gasteiger charge is -2.30. The Labute approximate surface area is 148 Å². The van der Waals surface area contributed by atoms with E-state index in [1.54, 1.807) is 43.3 Å². The molecule has 6 nitrogen and oxygen atoms in total. The Balaban J connectivity index is 2.00. The van der Waals surface area contributed by atoms with Gasteiger partial charge in [0.15, 0.2) is 0 Å². The van der Waals surface area contributed by atoms with E-state index in [4.69, 9.17) is 0 Å². The molecule has 1 aromatic rings. The van der Waals surface area contributed by atoms with Crippen LogP contribution in [-0.2, 0) is 9.59 Å². The zero-order valence-electron chi connectivity index (χ0n) is 14.8. The van der Waals surface area contributed by atoms with Gasteiger partial charge in [-0.1, -0.05) is 19.4 Å². The zero-order valence-corrected chi connectivity index (χ0v) is 14.8. The first-order valence-corrected chi connectivity index (χ1v) is 8.41. The van der Waals surface area contributed by atoms with Gasteiger partial charge in [-0.2, -0.15) is 0 Å². The topological polar surface area (TPSA) is 78.5 Å². The van der Waals surface area contributed by atoms with E-state index in [1.165, 1.54) is 6.08 Å². The lowest BCUT2D eigenvalue weighted by molar-refractivity contribution is -0.138. The molecule has 6 heteroatoms. The molecule has 0 atom stereocenters. The third-order valence-corrected chi connectivity index (χ3v) is 4.61. The molecule has 0 spiro atoms. The second-order valence-corrected chi connectivity index (χ2v) is 6.64. The van der Waals surface area contributed by atoms with Gasteiger partial charge in [-0.3, -0.25) is 14.4 Å². The van der Waals surface area contributed by atoms with Gasteiger partial charge in [0, 0.05) is 31.9 Å². The molecule has 0 aliphatic heterocycles. The Morgan fingerprint density at radius 1 is 1.16 bits per heavy atom. The third-order valence-electron chi connectivity index (χ3n) is 4.61. The van der Waals surface area contributed by atoms with Crippen LogP contribution in [0.5, 0.6) is 0 Å². The quantitative estimate of drug-likeness (QED) is 0.777. The van der Waals surface area contributed by atoms with Gasteiger partial charge in [0.05, 0.1) is 5.41 Å². The fourth-order valence-corrected chi connectivity index (χ4v) is 3.24. The first-order valence-electron chi connectivity index (χ1n) is 8.41. The van der Waals surface area contributed by atoms with E-state index < -0.39 is 5.41 Å². The van der Waals surface area contributed by atoms with Gasteiger partial charge in [0.1, 0.15) is 0 Å². The maximum absolute atomic E-state index is 12.5. The van der Waals surface area contributed by atoms with Gasteiger partial charge in [-0.25, -0.2) is 0 Å². The molecule has 2 N–H and O–H groups in total. The highest BCUT2D eigenvalue weighted by molar-refractivity contribution is 5.99. The fourth-order valence-electron chi connectivity index (χ4n) is 3.24. The average Bonchev–Trinajstić information content (AvgIpc) is 3.09. The normalized spacial score (nSPS) is 15.3. The van der Waals surface area contributed by atoms with Crippen molar-refractivity contribution in [2.75, 3.05) is 26.0 Å². The fraction of sp³-hybridized carbons (Fsp3) is 0.421. The van der Waals surface area contributed by atoms with Crippen molar-refractivity contribution in [2.45, 2.75) is 25.7 Å². The van der Waals surface area contributed by atoms with E-state index in [0.717, 1.165) is 25.7 Å². The van der Waals surface area contributed by atoms with Gasteiger partial charge in [-0.15, -0.1) is 0 Å². The van der Waals surface area contributed by atoms with Gasteiger partial charge in [0.25, 0.3) is 5.91 Å². The summed E-state index contributed by atoms with van der Waals surface area (Å²) in [6.45, 7) is 3.74. The van der Waals surface area contributed by atoms with Crippen molar-refractivity contribution in [1.82, 2.24) is 10.2 Å². The van der Waals surface area contributed by atoms with Crippen molar-refractivity contribution < 1.29 is 14.4 Å². The molecule has 1 aliphatic carbocycles. The van der Waals surface area contributed by atoms with Crippen LogP contribution in [-0.4, -0.2) is 43.3 Å². The van der Waals surface area contributed by atoms with Crippen LogP contribution in [0.15, 0.2) is 36.9 Å². The molecule has 25 heavy (non-hydrogen) atoms. The SMILES string of the molecule is C=CC(=O)Nc1ccc(C(=O)NCC2(C(=O)N(C)C)CCCC2)cc1. The van der Waals surface area contributed by atoms with Crippen molar-refractivity contribution in [1.29, 1.82) is 0 Å². The van der Waals surface area contributed by atoms with Gasteiger partial charge >= 0.3 is 0 Å². The molecule has 2 rings (SSSR count). The Morgan fingerprint density at radius 2 is 1.76 bits per heavy atom. The molecule has 0 saturated heterocycles. The Morgan fingerprint density at radius 3 is 2.28 bits per heavy atom. The maximum Gasteiger partial charge on any atom is 0.251 e. The molecule has 0 aromatic heterocycles. The lowest BCUT2D eigenvalue weighted by Crippen LogP contribution is -2.46. The monoisotopic (exact) mass is 343 g/mol. The lowest BCUT2D eigenvalue weighted by atomic mass is 9.84. The second kappa shape index (κ2) is 7.96. The van der Waals surface area contributed by atoms with E-state index in [1.807, 2.05) is 0 Å². The second-order valence-electron chi connectivity index (χ2n) is 6.64. The van der Waals surface area contributed by atoms with E-state index >= 15 is 0 Å². The summed E-state index contributed by atoms with van der Waals surface area (Å²) in [4.78, 5) is 37.8. The number of hydrogen-bond donors (Lipinski definition) is 2. The minimum absolute atomic E-state index is 0.0767. The van der Waals surface area contributed by atoms with E-state index in [0.29, 0.717) is 17.8 Å². The van der Waals surface area contributed by atoms with E-state index in [-0.39, 0.29) is 17.7 Å². The van der Waals surface area contributed by atoms with E-state index in [9.17, 15) is 14.4 Å². The van der Waals surface area contributed by atoms with E-state index in [2.05, 4.69) is 17.2 Å². The smallest absolute Gasteiger partial charge is 0.251 e. The Kier molecular flexibility index (Phi) is 5.96. The number of amides is 3. The molecule has 0 radical (unpaired) electrons. The largest absolute Gasteiger partial charge is 0.351 e. The van der Waals surface area contributed by atoms with Gasteiger partial charge in [-0.05, 0) is 43.2 Å². The predicted molar refractivity (Wildman–Crippen MR) is 97.2 cm³/mol. The number of rotatable bonds is 6. The average molecular weight is 343 g/mol. The summed E-state index contributed by atoms with van der Waals surface area (Å²) in [6.07, 6.45) is 4.80. The highest BCUT2D eigenvalue weighted by Gasteiger charge is 2.42. The summed E-state index contributed by atoms with van der Waals surface area (Å²) in [6, 6.07) is 6.60. The maximum atomic E-state index is 12.5. The number of nitrogens with zero attached hydrogens (tertiary/aromatic N) is 1. The highest BCUT2D eigenvalue weighted by Crippen LogP contribution is 2.39. The van der Waals surface area contributed by atoms with Crippen molar-refractivity contribution in [3.05, 3.63) is 42.5 Å². The van der Waals surface area contributed by atoms with Crippen LogP contribution >= 0.6 is 0 Å². The zero-order chi connectivity index (χ0) is 18.4. The first-order chi connectivity index (χ1) is 11.9. The molecule has 134 valence electrons. The molecular weight excluding hydrogens is 318 g/mol. The number of nitrogens with one attached hydrogen (secondary N) is 2. The Hall–Kier alpha value is -2.63. The van der Waals surface area contributed by atoms with Crippen molar-refractivity contribution in [2.24, 2.45) is 5.41 Å². The van der Waals surface area contributed by atoms with Crippen LogP contribution in [0.3, 0.4) is 0 Å². The summed E-state index contributed by atoms with van der Waals surface area (Å²) in [5, 5.41) is 5.53. The first kappa shape index (κ1) is 18.7. The molecular formula is C19H25N3O3. The van der Waals surface area contributed by atoms with Crippen LogP contribution in [0, 0.1) is 5.41 Å². The van der Waals surface area contributed by atoms with Crippen molar-refractivity contribution in [3.8, 4) is 0 Å². The van der Waals surface area contributed by atoms with Crippen LogP contribution in [0.1, 0.15) is 36.0 Å². The summed E-state index contributed by atoms with van der Waals surface area (Å²) < 4.78 is 0. The van der Waals surface area contributed by atoms with Crippen LogP contribution < -0.4 is 10.6 Å². The molecule has 3 amide bonds. The van der Waals surface area contributed by atoms with Crippen LogP contribution in [0.4, 0.5) is 5.69 Å². The summed E-state index contributed by atoms with van der Waals surface area (Å²) in [5.74, 6) is -0.449. The van der Waals surface area contributed by atoms with Crippen molar-refractivity contribution in [3.63, 3.8) is 0 Å². The number of anilines is 1. The number of benzene rings is 1. The predicted octanol–water partition coefficient (Wildman–Crippen LogP) is 2.19. The molecule has 1 aromatic carbocycles. The summed E-state index contributed by atoms with van der Waals surface area (Å²) in [7, 11) is 3.50. The van der Waals surface area contributed by atoms with Gasteiger partial charge < -0.3 is 15.5 Å². The van der Waals surface area contributed by atoms with Gasteiger partial charge in [0.2, 0.25) is 11.8 Å². The number of carbonyl (C=O) groups is 3. The molecule has 0 bridgehead atoms. The third kappa shape index (κ3) is 4.47. The minimum atomic E-state index is -0.489. The molecule has 0 heterocycles. The molecule has 1 saturated carbocycles. The minimum Gasteiger partial charge on any atom is -0.351 e. The molecule has 1 aliphatic rings. The molecule has 1 fully saturated rings. The number of carbonyl (C=O) groups excluding carboxylic acids is 3. The standard InChI is InChI=1S/C19H25N3O3/c1-4-16(23)21-15-9-7-14(8-10-15)17(24)20-13-19(11-5-6-12-19)18(25)22(2)3/h4,7-10H,1,5-6,11-13H2,2-3H3,(H,20,24)(H,21,23). The number of hydrogen-bond acceptors (Lipinski definition) is 3. The highest BCUT2D eigenvalue weighted by atomic mass is 16.2. The Bertz CT molecular complexity index is 659. The van der Waals surface area contributed by atoms with Crippen molar-refractivity contribution >= 4 is 23.4 Å². The summed E-state index contributed by atoms with van der Waals surface area (Å²) >= 11 is 0. The van der Waals surface area contributed by atoms with Crippen LogP contribution in [0.2, 0.25) is 0 Å². The van der Waals surface area contributed by atoms with Crippen LogP contribution in [0.25, 0.3) is 0 Å².